The van der Waals surface area contributed by atoms with Crippen molar-refractivity contribution >= 4 is 35.0 Å². The van der Waals surface area contributed by atoms with Gasteiger partial charge in [0.2, 0.25) is 0 Å². The van der Waals surface area contributed by atoms with Gasteiger partial charge in [0.15, 0.2) is 0 Å². The first kappa shape index (κ1) is 24.5. The van der Waals surface area contributed by atoms with Gasteiger partial charge in [-0.3, -0.25) is 4.79 Å². The predicted molar refractivity (Wildman–Crippen MR) is 134 cm³/mol. The van der Waals surface area contributed by atoms with E-state index in [1.165, 1.54) is 0 Å². The highest BCUT2D eigenvalue weighted by Crippen LogP contribution is 2.28. The molecule has 0 spiro atoms. The van der Waals surface area contributed by atoms with Crippen molar-refractivity contribution in [3.05, 3.63) is 53.6 Å². The van der Waals surface area contributed by atoms with Crippen LogP contribution in [0.1, 0.15) is 53.3 Å². The number of urea groups is 1. The molecular formula is C26H32N4O5. The number of rotatable bonds is 8. The maximum absolute atomic E-state index is 13.1. The van der Waals surface area contributed by atoms with Crippen molar-refractivity contribution in [1.82, 2.24) is 5.32 Å². The van der Waals surface area contributed by atoms with Gasteiger partial charge in [0, 0.05) is 43.3 Å². The van der Waals surface area contributed by atoms with Gasteiger partial charge in [-0.25, -0.2) is 9.59 Å². The molecule has 1 atom stereocenters. The van der Waals surface area contributed by atoms with Gasteiger partial charge < -0.3 is 30.3 Å². The minimum absolute atomic E-state index is 0.0523. The van der Waals surface area contributed by atoms with Gasteiger partial charge in [-0.2, -0.15) is 0 Å². The summed E-state index contributed by atoms with van der Waals surface area (Å²) in [6.07, 6.45) is 4.20. The van der Waals surface area contributed by atoms with E-state index in [0.29, 0.717) is 35.7 Å². The highest BCUT2D eigenvalue weighted by molar-refractivity contribution is 6.04. The Morgan fingerprint density at radius 3 is 2.40 bits per heavy atom. The number of amides is 3. The molecule has 2 heterocycles. The lowest BCUT2D eigenvalue weighted by Crippen LogP contribution is -2.33. The Hall–Kier alpha value is -3.59. The maximum atomic E-state index is 13.1. The Kier molecular flexibility index (Phi) is 8.20. The smallest absolute Gasteiger partial charge is 0.338 e. The van der Waals surface area contributed by atoms with Crippen LogP contribution in [0.2, 0.25) is 0 Å². The van der Waals surface area contributed by atoms with E-state index in [4.69, 9.17) is 9.47 Å². The van der Waals surface area contributed by atoms with Crippen molar-refractivity contribution in [2.75, 3.05) is 48.4 Å². The third-order valence-corrected chi connectivity index (χ3v) is 6.11. The minimum atomic E-state index is -0.450. The van der Waals surface area contributed by atoms with Gasteiger partial charge in [0.05, 0.1) is 23.8 Å². The normalized spacial score (nSPS) is 17.2. The molecule has 2 aromatic rings. The number of benzene rings is 2. The average molecular weight is 481 g/mol. The fourth-order valence-electron chi connectivity index (χ4n) is 4.33. The van der Waals surface area contributed by atoms with Gasteiger partial charge in [-0.15, -0.1) is 0 Å². The van der Waals surface area contributed by atoms with Crippen LogP contribution in [0, 0.1) is 0 Å². The number of carbonyl (C=O) groups excluding carboxylic acids is 3. The van der Waals surface area contributed by atoms with Gasteiger partial charge in [-0.05, 0) is 75.1 Å². The molecule has 2 saturated heterocycles. The summed E-state index contributed by atoms with van der Waals surface area (Å²) in [5.41, 5.74) is 2.85. The van der Waals surface area contributed by atoms with Gasteiger partial charge >= 0.3 is 12.0 Å². The van der Waals surface area contributed by atoms with Crippen molar-refractivity contribution in [3.8, 4) is 0 Å². The summed E-state index contributed by atoms with van der Waals surface area (Å²) in [4.78, 5) is 39.7. The van der Waals surface area contributed by atoms with Crippen LogP contribution in [0.4, 0.5) is 21.9 Å². The molecule has 0 aromatic heterocycles. The Labute approximate surface area is 205 Å². The van der Waals surface area contributed by atoms with E-state index in [1.807, 2.05) is 6.07 Å². The molecule has 9 nitrogen and oxygen atoms in total. The summed E-state index contributed by atoms with van der Waals surface area (Å²) >= 11 is 0. The maximum Gasteiger partial charge on any atom is 0.338 e. The Balaban J connectivity index is 1.42. The van der Waals surface area contributed by atoms with Gasteiger partial charge in [0.1, 0.15) is 0 Å². The molecule has 186 valence electrons. The lowest BCUT2D eigenvalue weighted by Gasteiger charge is -2.22. The van der Waals surface area contributed by atoms with E-state index in [9.17, 15) is 14.4 Å². The predicted octanol–water partition coefficient (Wildman–Crippen LogP) is 4.02. The summed E-state index contributed by atoms with van der Waals surface area (Å²) in [5.74, 6) is -0.590. The first-order valence-electron chi connectivity index (χ1n) is 12.2. The molecule has 2 aromatic carbocycles. The second-order valence-electron chi connectivity index (χ2n) is 8.65. The molecule has 9 heteroatoms. The van der Waals surface area contributed by atoms with Crippen LogP contribution in [0.3, 0.4) is 0 Å². The summed E-state index contributed by atoms with van der Waals surface area (Å²) < 4.78 is 10.6. The molecular weight excluding hydrogens is 448 g/mol. The van der Waals surface area contributed by atoms with E-state index in [-0.39, 0.29) is 12.0 Å². The standard InChI is InChI=1S/C26H32N4O5/c1-2-34-25(32)18-7-9-19(10-8-18)28-26(33)29-20-11-12-23(30-13-3-4-14-30)22(16-20)24(31)27-17-21-6-5-15-35-21/h7-12,16,21H,2-6,13-15,17H2,1H3,(H,27,31)(H2,28,29,33). The minimum Gasteiger partial charge on any atom is -0.462 e. The van der Waals surface area contributed by atoms with Gasteiger partial charge in [-0.1, -0.05) is 0 Å². The molecule has 0 aliphatic carbocycles. The zero-order chi connectivity index (χ0) is 24.6. The van der Waals surface area contributed by atoms with Crippen LogP contribution in [0.25, 0.3) is 0 Å². The molecule has 3 N–H and O–H groups in total. The molecule has 4 rings (SSSR count). The monoisotopic (exact) mass is 480 g/mol. The number of carbonyl (C=O) groups is 3. The number of nitrogens with one attached hydrogen (secondary N) is 3. The molecule has 2 aliphatic rings. The largest absolute Gasteiger partial charge is 0.462 e. The number of hydrogen-bond donors (Lipinski definition) is 3. The van der Waals surface area contributed by atoms with Crippen LogP contribution in [-0.4, -0.2) is 56.9 Å². The molecule has 1 unspecified atom stereocenters. The second-order valence-corrected chi connectivity index (χ2v) is 8.65. The Morgan fingerprint density at radius 1 is 1.00 bits per heavy atom. The van der Waals surface area contributed by atoms with E-state index in [2.05, 4.69) is 20.9 Å². The summed E-state index contributed by atoms with van der Waals surface area (Å²) in [5, 5.41) is 8.52. The van der Waals surface area contributed by atoms with E-state index in [1.54, 1.807) is 43.3 Å². The molecule has 0 saturated carbocycles. The molecule has 2 aliphatic heterocycles. The SMILES string of the molecule is CCOC(=O)c1ccc(NC(=O)Nc2ccc(N3CCCC3)c(C(=O)NCC3CCCO3)c2)cc1. The molecule has 3 amide bonds. The molecule has 0 bridgehead atoms. The third-order valence-electron chi connectivity index (χ3n) is 6.11. The molecule has 35 heavy (non-hydrogen) atoms. The summed E-state index contributed by atoms with van der Waals surface area (Å²) in [7, 11) is 0. The summed E-state index contributed by atoms with van der Waals surface area (Å²) in [6.45, 7) is 5.06. The molecule has 0 radical (unpaired) electrons. The summed E-state index contributed by atoms with van der Waals surface area (Å²) in [6, 6.07) is 11.4. The first-order valence-corrected chi connectivity index (χ1v) is 12.2. The third kappa shape index (κ3) is 6.51. The fraction of sp³-hybridized carbons (Fsp3) is 0.423. The van der Waals surface area contributed by atoms with E-state index < -0.39 is 12.0 Å². The Bertz CT molecular complexity index is 1040. The second kappa shape index (κ2) is 11.7. The van der Waals surface area contributed by atoms with Crippen LogP contribution in [0.5, 0.6) is 0 Å². The number of anilines is 3. The van der Waals surface area contributed by atoms with Crippen LogP contribution < -0.4 is 20.9 Å². The van der Waals surface area contributed by atoms with E-state index in [0.717, 1.165) is 51.1 Å². The van der Waals surface area contributed by atoms with Crippen molar-refractivity contribution in [1.29, 1.82) is 0 Å². The topological polar surface area (TPSA) is 109 Å². The average Bonchev–Trinajstić information content (AvgIpc) is 3.58. The number of nitrogens with zero attached hydrogens (tertiary/aromatic N) is 1. The van der Waals surface area contributed by atoms with E-state index >= 15 is 0 Å². The van der Waals surface area contributed by atoms with Crippen LogP contribution in [-0.2, 0) is 9.47 Å². The van der Waals surface area contributed by atoms with Crippen molar-refractivity contribution in [2.45, 2.75) is 38.7 Å². The highest BCUT2D eigenvalue weighted by atomic mass is 16.5. The molecule has 2 fully saturated rings. The fourth-order valence-corrected chi connectivity index (χ4v) is 4.33. The number of ether oxygens (including phenoxy) is 2. The quantitative estimate of drug-likeness (QED) is 0.493. The van der Waals surface area contributed by atoms with Crippen LogP contribution in [0.15, 0.2) is 42.5 Å². The highest BCUT2D eigenvalue weighted by Gasteiger charge is 2.22. The van der Waals surface area contributed by atoms with Crippen molar-refractivity contribution in [2.24, 2.45) is 0 Å². The number of esters is 1. The Morgan fingerprint density at radius 2 is 1.71 bits per heavy atom. The first-order chi connectivity index (χ1) is 17.0. The van der Waals surface area contributed by atoms with Crippen LogP contribution >= 0.6 is 0 Å². The van der Waals surface area contributed by atoms with Crippen molar-refractivity contribution in [3.63, 3.8) is 0 Å². The zero-order valence-electron chi connectivity index (χ0n) is 20.0. The van der Waals surface area contributed by atoms with Gasteiger partial charge in [0.25, 0.3) is 5.91 Å². The number of hydrogen-bond acceptors (Lipinski definition) is 6. The van der Waals surface area contributed by atoms with Crippen molar-refractivity contribution < 1.29 is 23.9 Å². The lowest BCUT2D eigenvalue weighted by molar-refractivity contribution is 0.0526. The lowest BCUT2D eigenvalue weighted by atomic mass is 10.1. The zero-order valence-corrected chi connectivity index (χ0v) is 20.0.